The van der Waals surface area contributed by atoms with Crippen molar-refractivity contribution < 1.29 is 40.6 Å². The van der Waals surface area contributed by atoms with E-state index in [0.29, 0.717) is 18.5 Å². The lowest BCUT2D eigenvalue weighted by Gasteiger charge is -2.59. The summed E-state index contributed by atoms with van der Waals surface area (Å²) in [5.74, 6) is -2.61. The van der Waals surface area contributed by atoms with Crippen LogP contribution >= 0.6 is 0 Å². The van der Waals surface area contributed by atoms with Gasteiger partial charge in [0.05, 0.1) is 22.2 Å². The Morgan fingerprint density at radius 3 is 2.15 bits per heavy atom. The topological polar surface area (TPSA) is 87.1 Å². The molecule has 40 heavy (non-hydrogen) atoms. The Hall–Kier alpha value is -2.86. The molecule has 2 aliphatic rings. The summed E-state index contributed by atoms with van der Waals surface area (Å²) in [7, 11) is -2.90. The van der Waals surface area contributed by atoms with Crippen molar-refractivity contribution in [1.82, 2.24) is 4.31 Å². The van der Waals surface area contributed by atoms with Crippen molar-refractivity contribution in [1.29, 1.82) is 0 Å². The van der Waals surface area contributed by atoms with E-state index in [9.17, 15) is 35.9 Å². The summed E-state index contributed by atoms with van der Waals surface area (Å²) >= 11 is 0. The number of aliphatic carboxylic acids is 1. The van der Waals surface area contributed by atoms with Crippen LogP contribution in [0.15, 0.2) is 41.3 Å². The SMILES string of the molecule is CCC1(CC)CC2(CN(c3ccc(F)cc3)c3cc(C(F)(F)F)c(OCC(C)(C)C(=O)O)cc3S(=O)(=O)N2C)C1. The smallest absolute Gasteiger partial charge is 0.420 e. The van der Waals surface area contributed by atoms with Crippen LogP contribution in [-0.4, -0.2) is 49.5 Å². The number of fused-ring (bicyclic) bond motifs is 1. The quantitative estimate of drug-likeness (QED) is 0.376. The molecule has 1 aliphatic carbocycles. The molecule has 0 aromatic heterocycles. The van der Waals surface area contributed by atoms with E-state index in [1.54, 1.807) is 0 Å². The van der Waals surface area contributed by atoms with Gasteiger partial charge >= 0.3 is 12.1 Å². The van der Waals surface area contributed by atoms with Crippen LogP contribution in [-0.2, 0) is 21.0 Å². The Balaban J connectivity index is 1.95. The number of hydrogen-bond acceptors (Lipinski definition) is 5. The number of nitrogens with zero attached hydrogens (tertiary/aromatic N) is 2. The summed E-state index contributed by atoms with van der Waals surface area (Å²) in [6, 6.07) is 6.72. The molecule has 2 aromatic rings. The zero-order chi connectivity index (χ0) is 29.9. The Kier molecular flexibility index (Phi) is 7.45. The lowest BCUT2D eigenvalue weighted by Crippen LogP contribution is -2.65. The fourth-order valence-corrected chi connectivity index (χ4v) is 7.47. The van der Waals surface area contributed by atoms with Crippen molar-refractivity contribution in [2.24, 2.45) is 10.8 Å². The van der Waals surface area contributed by atoms with Crippen LogP contribution in [0.2, 0.25) is 0 Å². The molecule has 7 nitrogen and oxygen atoms in total. The van der Waals surface area contributed by atoms with Crippen LogP contribution in [0.3, 0.4) is 0 Å². The average Bonchev–Trinajstić information content (AvgIpc) is 2.93. The first-order valence-electron chi connectivity index (χ1n) is 13.0. The largest absolute Gasteiger partial charge is 0.492 e. The maximum absolute atomic E-state index is 14.3. The van der Waals surface area contributed by atoms with Crippen molar-refractivity contribution in [3.8, 4) is 5.75 Å². The molecule has 1 N–H and O–H groups in total. The highest BCUT2D eigenvalue weighted by Gasteiger charge is 2.60. The number of sulfonamides is 1. The third-order valence-electron chi connectivity index (χ3n) is 8.63. The minimum Gasteiger partial charge on any atom is -0.492 e. The predicted molar refractivity (Wildman–Crippen MR) is 142 cm³/mol. The molecular weight excluding hydrogens is 552 g/mol. The van der Waals surface area contributed by atoms with Gasteiger partial charge in [-0.15, -0.1) is 0 Å². The van der Waals surface area contributed by atoms with E-state index in [4.69, 9.17) is 4.74 Å². The number of likely N-dealkylation sites (N-methyl/N-ethyl adjacent to an activating group) is 1. The molecule has 1 spiro atoms. The number of ether oxygens (including phenoxy) is 1. The highest BCUT2D eigenvalue weighted by atomic mass is 32.2. The molecule has 220 valence electrons. The van der Waals surface area contributed by atoms with E-state index in [-0.39, 0.29) is 17.6 Å². The number of carbonyl (C=O) groups is 1. The van der Waals surface area contributed by atoms with Gasteiger partial charge in [-0.05, 0) is 62.4 Å². The summed E-state index contributed by atoms with van der Waals surface area (Å²) in [5.41, 5.74) is -3.67. The Morgan fingerprint density at radius 1 is 1.07 bits per heavy atom. The normalized spacial score (nSPS) is 20.0. The fraction of sp³-hybridized carbons (Fsp3) is 0.536. The molecule has 0 saturated heterocycles. The van der Waals surface area contributed by atoms with Crippen molar-refractivity contribution in [2.45, 2.75) is 70.0 Å². The number of halogens is 4. The molecular formula is C28H34F4N2O5S. The minimum atomic E-state index is -4.94. The first-order valence-corrected chi connectivity index (χ1v) is 14.5. The van der Waals surface area contributed by atoms with Gasteiger partial charge in [-0.2, -0.15) is 17.5 Å². The summed E-state index contributed by atoms with van der Waals surface area (Å²) in [5, 5.41) is 9.41. The van der Waals surface area contributed by atoms with Gasteiger partial charge in [-0.1, -0.05) is 26.7 Å². The average molecular weight is 587 g/mol. The third kappa shape index (κ3) is 5.04. The Bertz CT molecular complexity index is 1400. The summed E-state index contributed by atoms with van der Waals surface area (Å²) in [6.07, 6.45) is -2.29. The zero-order valence-electron chi connectivity index (χ0n) is 23.1. The van der Waals surface area contributed by atoms with Crippen LogP contribution < -0.4 is 9.64 Å². The Labute approximate surface area is 231 Å². The van der Waals surface area contributed by atoms with Gasteiger partial charge in [-0.3, -0.25) is 4.79 Å². The number of benzene rings is 2. The first-order chi connectivity index (χ1) is 18.4. The van der Waals surface area contributed by atoms with Gasteiger partial charge in [0.25, 0.3) is 0 Å². The molecule has 2 aromatic carbocycles. The van der Waals surface area contributed by atoms with Crippen molar-refractivity contribution in [3.63, 3.8) is 0 Å². The predicted octanol–water partition coefficient (Wildman–Crippen LogP) is 6.45. The number of carboxylic acid groups (broad SMARTS) is 1. The highest BCUT2D eigenvalue weighted by molar-refractivity contribution is 7.89. The second kappa shape index (κ2) is 9.90. The lowest BCUT2D eigenvalue weighted by atomic mass is 9.54. The molecule has 1 aliphatic heterocycles. The second-order valence-electron chi connectivity index (χ2n) is 11.6. The van der Waals surface area contributed by atoms with Gasteiger partial charge in [0.1, 0.15) is 23.1 Å². The zero-order valence-corrected chi connectivity index (χ0v) is 23.9. The van der Waals surface area contributed by atoms with Gasteiger partial charge in [0.2, 0.25) is 10.0 Å². The van der Waals surface area contributed by atoms with E-state index < -0.39 is 61.8 Å². The third-order valence-corrected chi connectivity index (χ3v) is 10.6. The second-order valence-corrected chi connectivity index (χ2v) is 13.5. The van der Waals surface area contributed by atoms with Gasteiger partial charge < -0.3 is 14.7 Å². The van der Waals surface area contributed by atoms with Gasteiger partial charge in [0.15, 0.2) is 0 Å². The highest BCUT2D eigenvalue weighted by Crippen LogP contribution is 2.59. The summed E-state index contributed by atoms with van der Waals surface area (Å²) in [6.45, 7) is 6.09. The number of carboxylic acids is 1. The Morgan fingerprint density at radius 2 is 1.65 bits per heavy atom. The molecule has 1 saturated carbocycles. The van der Waals surface area contributed by atoms with E-state index in [0.717, 1.165) is 25.0 Å². The van der Waals surface area contributed by atoms with Crippen molar-refractivity contribution in [2.75, 3.05) is 25.1 Å². The molecule has 0 amide bonds. The molecule has 0 bridgehead atoms. The van der Waals surface area contributed by atoms with Crippen molar-refractivity contribution in [3.05, 3.63) is 47.8 Å². The molecule has 12 heteroatoms. The first kappa shape index (κ1) is 30.1. The monoisotopic (exact) mass is 586 g/mol. The van der Waals surface area contributed by atoms with E-state index in [1.807, 2.05) is 13.8 Å². The molecule has 0 radical (unpaired) electrons. The van der Waals surface area contributed by atoms with Gasteiger partial charge in [0, 0.05) is 25.3 Å². The van der Waals surface area contributed by atoms with Crippen LogP contribution in [0.25, 0.3) is 0 Å². The summed E-state index contributed by atoms with van der Waals surface area (Å²) < 4.78 is 91.7. The summed E-state index contributed by atoms with van der Waals surface area (Å²) in [4.78, 5) is 12.6. The van der Waals surface area contributed by atoms with Crippen LogP contribution in [0.5, 0.6) is 5.75 Å². The maximum Gasteiger partial charge on any atom is 0.420 e. The molecule has 4 rings (SSSR count). The number of anilines is 2. The standard InChI is InChI=1S/C28H34F4N2O5S/c1-6-26(7-2)14-27(15-26)16-34(19-10-8-18(29)9-11-19)21-12-20(28(30,31)32)22(39-17-25(3,4)24(35)36)13-23(21)40(37,38)33(27)5/h8-13H,6-7,14-17H2,1-5H3,(H,35,36). The molecule has 1 heterocycles. The minimum absolute atomic E-state index is 0.0622. The fourth-order valence-electron chi connectivity index (χ4n) is 5.79. The van der Waals surface area contributed by atoms with E-state index >= 15 is 0 Å². The maximum atomic E-state index is 14.3. The number of hydrogen-bond donors (Lipinski definition) is 1. The van der Waals surface area contributed by atoms with Gasteiger partial charge in [-0.25, -0.2) is 12.8 Å². The van der Waals surface area contributed by atoms with E-state index in [1.165, 1.54) is 54.4 Å². The molecule has 0 atom stereocenters. The van der Waals surface area contributed by atoms with Crippen molar-refractivity contribution >= 4 is 27.4 Å². The molecule has 0 unspecified atom stereocenters. The number of rotatable bonds is 7. The number of alkyl halides is 3. The van der Waals surface area contributed by atoms with Crippen LogP contribution in [0, 0.1) is 16.6 Å². The lowest BCUT2D eigenvalue weighted by molar-refractivity contribution is -0.148. The molecule has 1 fully saturated rings. The van der Waals surface area contributed by atoms with Crippen LogP contribution in [0.1, 0.15) is 58.9 Å². The van der Waals surface area contributed by atoms with E-state index in [2.05, 4.69) is 0 Å². The van der Waals surface area contributed by atoms with Crippen LogP contribution in [0.4, 0.5) is 28.9 Å².